The molecule has 210 valence electrons. The van der Waals surface area contributed by atoms with Gasteiger partial charge in [0.05, 0.1) is 16.4 Å². The van der Waals surface area contributed by atoms with E-state index in [2.05, 4.69) is 53.1 Å². The summed E-state index contributed by atoms with van der Waals surface area (Å²) in [4.78, 5) is 15.2. The first-order chi connectivity index (χ1) is 22.3. The van der Waals surface area contributed by atoms with E-state index in [9.17, 15) is 0 Å². The Balaban J connectivity index is 1.28. The van der Waals surface area contributed by atoms with Crippen LogP contribution in [0.1, 0.15) is 0 Å². The predicted molar refractivity (Wildman–Crippen MR) is 180 cm³/mol. The molecule has 6 aromatic carbocycles. The molecule has 6 nitrogen and oxygen atoms in total. The van der Waals surface area contributed by atoms with Gasteiger partial charge >= 0.3 is 0 Å². The average Bonchev–Trinajstić information content (AvgIpc) is 3.77. The first-order valence-electron chi connectivity index (χ1n) is 14.9. The molecular formula is C39H22N4O2. The van der Waals surface area contributed by atoms with Crippen LogP contribution in [-0.4, -0.2) is 19.5 Å². The highest BCUT2D eigenvalue weighted by Crippen LogP contribution is 2.40. The second kappa shape index (κ2) is 9.11. The molecule has 0 atom stereocenters. The maximum Gasteiger partial charge on any atom is 0.238 e. The van der Waals surface area contributed by atoms with E-state index in [1.165, 1.54) is 0 Å². The third-order valence-corrected chi connectivity index (χ3v) is 8.67. The zero-order valence-corrected chi connectivity index (χ0v) is 23.8. The molecule has 10 aromatic rings. The first-order valence-corrected chi connectivity index (χ1v) is 14.9. The van der Waals surface area contributed by atoms with Crippen LogP contribution in [0.4, 0.5) is 0 Å². The molecule has 4 aromatic heterocycles. The van der Waals surface area contributed by atoms with Crippen molar-refractivity contribution in [2.75, 3.05) is 0 Å². The lowest BCUT2D eigenvalue weighted by Gasteiger charge is -2.11. The molecule has 0 aliphatic rings. The number of hydrogen-bond acceptors (Lipinski definition) is 5. The van der Waals surface area contributed by atoms with E-state index in [0.717, 1.165) is 76.8 Å². The Morgan fingerprint density at radius 1 is 0.422 bits per heavy atom. The Bertz CT molecular complexity index is 2770. The van der Waals surface area contributed by atoms with E-state index in [1.807, 2.05) is 84.9 Å². The lowest BCUT2D eigenvalue weighted by Crippen LogP contribution is -2.06. The van der Waals surface area contributed by atoms with Crippen molar-refractivity contribution in [1.29, 1.82) is 0 Å². The minimum absolute atomic E-state index is 0.540. The number of fused-ring (bicyclic) bond motifs is 10. The molecule has 0 radical (unpaired) electrons. The highest BCUT2D eigenvalue weighted by atomic mass is 16.3. The molecule has 0 unspecified atom stereocenters. The van der Waals surface area contributed by atoms with Crippen LogP contribution in [0.5, 0.6) is 0 Å². The molecule has 0 amide bonds. The molecular weight excluding hydrogens is 556 g/mol. The monoisotopic (exact) mass is 578 g/mol. The van der Waals surface area contributed by atoms with Gasteiger partial charge in [0.2, 0.25) is 5.95 Å². The number of hydrogen-bond donors (Lipinski definition) is 0. The van der Waals surface area contributed by atoms with Gasteiger partial charge in [-0.1, -0.05) is 84.9 Å². The van der Waals surface area contributed by atoms with Crippen LogP contribution in [0.2, 0.25) is 0 Å². The van der Waals surface area contributed by atoms with Crippen LogP contribution < -0.4 is 0 Å². The standard InChI is InChI=1S/C39H22N4O2/c1-2-10-23(11-3-1)37-40-38(24-18-21-34-29(22-24)26-13-6-8-16-32(26)44-34)42-39(41-37)43-30-15-7-4-14-28(30)35-31(43)20-19-27-25-12-5-9-17-33(25)45-36(27)35/h1-22H. The van der Waals surface area contributed by atoms with Gasteiger partial charge in [0.25, 0.3) is 0 Å². The van der Waals surface area contributed by atoms with Crippen LogP contribution in [0, 0.1) is 0 Å². The van der Waals surface area contributed by atoms with Gasteiger partial charge < -0.3 is 8.83 Å². The van der Waals surface area contributed by atoms with Crippen molar-refractivity contribution >= 4 is 65.7 Å². The number of furan rings is 2. The fourth-order valence-corrected chi connectivity index (χ4v) is 6.63. The van der Waals surface area contributed by atoms with Gasteiger partial charge in [-0.3, -0.25) is 4.57 Å². The topological polar surface area (TPSA) is 69.9 Å². The molecule has 45 heavy (non-hydrogen) atoms. The highest BCUT2D eigenvalue weighted by Gasteiger charge is 2.21. The molecule has 4 heterocycles. The molecule has 0 aliphatic heterocycles. The van der Waals surface area contributed by atoms with Crippen LogP contribution in [0.25, 0.3) is 94.4 Å². The van der Waals surface area contributed by atoms with Gasteiger partial charge in [-0.25, -0.2) is 4.98 Å². The summed E-state index contributed by atoms with van der Waals surface area (Å²) >= 11 is 0. The van der Waals surface area contributed by atoms with Crippen molar-refractivity contribution in [3.8, 4) is 28.7 Å². The molecule has 0 bridgehead atoms. The summed E-state index contributed by atoms with van der Waals surface area (Å²) in [6.07, 6.45) is 0. The Labute approximate surface area is 255 Å². The van der Waals surface area contributed by atoms with E-state index in [-0.39, 0.29) is 0 Å². The fraction of sp³-hybridized carbons (Fsp3) is 0. The van der Waals surface area contributed by atoms with Gasteiger partial charge in [-0.15, -0.1) is 0 Å². The Hall–Kier alpha value is -6.27. The summed E-state index contributed by atoms with van der Waals surface area (Å²) < 4.78 is 14.7. The summed E-state index contributed by atoms with van der Waals surface area (Å²) in [6, 6.07) is 45.1. The maximum absolute atomic E-state index is 6.50. The Kier molecular flexibility index (Phi) is 4.90. The van der Waals surface area contributed by atoms with Gasteiger partial charge in [0.1, 0.15) is 22.3 Å². The van der Waals surface area contributed by atoms with Crippen LogP contribution >= 0.6 is 0 Å². The first kappa shape index (κ1) is 24.2. The van der Waals surface area contributed by atoms with Crippen molar-refractivity contribution < 1.29 is 8.83 Å². The molecule has 0 saturated heterocycles. The second-order valence-corrected chi connectivity index (χ2v) is 11.2. The number of rotatable bonds is 3. The SMILES string of the molecule is c1ccc(-c2nc(-c3ccc4oc5ccccc5c4c3)nc(-n3c4ccccc4c4c5oc6ccccc6c5ccc43)n2)cc1. The maximum atomic E-state index is 6.50. The average molecular weight is 579 g/mol. The van der Waals surface area contributed by atoms with Gasteiger partial charge in [-0.2, -0.15) is 9.97 Å². The van der Waals surface area contributed by atoms with Crippen LogP contribution in [-0.2, 0) is 0 Å². The molecule has 10 rings (SSSR count). The number of aromatic nitrogens is 4. The summed E-state index contributed by atoms with van der Waals surface area (Å²) in [5, 5.41) is 6.38. The predicted octanol–water partition coefficient (Wildman–Crippen LogP) is 10.1. The number of benzene rings is 6. The molecule has 0 aliphatic carbocycles. The molecule has 0 fully saturated rings. The minimum Gasteiger partial charge on any atom is -0.456 e. The zero-order chi connectivity index (χ0) is 29.5. The fourth-order valence-electron chi connectivity index (χ4n) is 6.63. The molecule has 0 saturated carbocycles. The van der Waals surface area contributed by atoms with E-state index >= 15 is 0 Å². The second-order valence-electron chi connectivity index (χ2n) is 11.2. The van der Waals surface area contributed by atoms with E-state index in [4.69, 9.17) is 23.8 Å². The molecule has 0 N–H and O–H groups in total. The highest BCUT2D eigenvalue weighted by molar-refractivity contribution is 6.23. The van der Waals surface area contributed by atoms with Crippen molar-refractivity contribution in [3.63, 3.8) is 0 Å². The van der Waals surface area contributed by atoms with Gasteiger partial charge in [0, 0.05) is 38.1 Å². The van der Waals surface area contributed by atoms with Crippen molar-refractivity contribution in [3.05, 3.63) is 133 Å². The third-order valence-electron chi connectivity index (χ3n) is 8.67. The van der Waals surface area contributed by atoms with Gasteiger partial charge in [0.15, 0.2) is 11.6 Å². The summed E-state index contributed by atoms with van der Waals surface area (Å²) in [5.41, 5.74) is 7.17. The normalized spacial score (nSPS) is 12.0. The van der Waals surface area contributed by atoms with Gasteiger partial charge in [-0.05, 0) is 48.5 Å². The number of nitrogens with zero attached hydrogens (tertiary/aromatic N) is 4. The zero-order valence-electron chi connectivity index (χ0n) is 23.8. The third kappa shape index (κ3) is 3.53. The quantitative estimate of drug-likeness (QED) is 0.209. The number of para-hydroxylation sites is 3. The van der Waals surface area contributed by atoms with E-state index in [1.54, 1.807) is 0 Å². The summed E-state index contributed by atoms with van der Waals surface area (Å²) in [5.74, 6) is 1.72. The van der Waals surface area contributed by atoms with E-state index in [0.29, 0.717) is 17.6 Å². The lowest BCUT2D eigenvalue weighted by molar-refractivity contribution is 0.669. The summed E-state index contributed by atoms with van der Waals surface area (Å²) in [7, 11) is 0. The smallest absolute Gasteiger partial charge is 0.238 e. The molecule has 0 spiro atoms. The lowest BCUT2D eigenvalue weighted by atomic mass is 10.1. The summed E-state index contributed by atoms with van der Waals surface area (Å²) in [6.45, 7) is 0. The Morgan fingerprint density at radius 3 is 1.89 bits per heavy atom. The van der Waals surface area contributed by atoms with Crippen LogP contribution in [0.15, 0.2) is 142 Å². The van der Waals surface area contributed by atoms with Crippen molar-refractivity contribution in [2.45, 2.75) is 0 Å². The Morgan fingerprint density at radius 2 is 1.07 bits per heavy atom. The van der Waals surface area contributed by atoms with Crippen LogP contribution in [0.3, 0.4) is 0 Å². The van der Waals surface area contributed by atoms with Crippen molar-refractivity contribution in [2.24, 2.45) is 0 Å². The van der Waals surface area contributed by atoms with Crippen molar-refractivity contribution in [1.82, 2.24) is 19.5 Å². The molecule has 6 heteroatoms. The minimum atomic E-state index is 0.540. The van der Waals surface area contributed by atoms with E-state index < -0.39 is 0 Å². The largest absolute Gasteiger partial charge is 0.456 e.